The zero-order chi connectivity index (χ0) is 14.4. The molecule has 4 heteroatoms. The Kier molecular flexibility index (Phi) is 4.76. The van der Waals surface area contributed by atoms with Gasteiger partial charge in [0.25, 0.3) is 5.91 Å². The molecule has 20 heavy (non-hydrogen) atoms. The number of hydrogen-bond donors (Lipinski definition) is 1. The van der Waals surface area contributed by atoms with Gasteiger partial charge in [-0.25, -0.2) is 0 Å². The third kappa shape index (κ3) is 3.60. The molecule has 0 bridgehead atoms. The van der Waals surface area contributed by atoms with Crippen molar-refractivity contribution in [3.8, 4) is 17.9 Å². The van der Waals surface area contributed by atoms with E-state index in [0.717, 1.165) is 12.8 Å². The van der Waals surface area contributed by atoms with E-state index < -0.39 is 0 Å². The third-order valence-electron chi connectivity index (χ3n) is 3.13. The lowest BCUT2D eigenvalue weighted by molar-refractivity contribution is 0.0747. The van der Waals surface area contributed by atoms with Crippen molar-refractivity contribution in [3.05, 3.63) is 35.4 Å². The van der Waals surface area contributed by atoms with Crippen molar-refractivity contribution in [2.24, 2.45) is 0 Å². The Morgan fingerprint density at radius 3 is 2.90 bits per heavy atom. The van der Waals surface area contributed by atoms with Gasteiger partial charge >= 0.3 is 0 Å². The summed E-state index contributed by atoms with van der Waals surface area (Å²) < 4.78 is 0. The molecule has 1 fully saturated rings. The Morgan fingerprint density at radius 1 is 1.45 bits per heavy atom. The maximum atomic E-state index is 12.5. The average Bonchev–Trinajstić information content (AvgIpc) is 3.30. The molecule has 2 rings (SSSR count). The van der Waals surface area contributed by atoms with Crippen LogP contribution in [0.15, 0.2) is 24.3 Å². The number of aliphatic hydroxyl groups excluding tert-OH is 1. The molecule has 0 radical (unpaired) electrons. The second-order valence-electron chi connectivity index (χ2n) is 4.68. The molecule has 1 saturated carbocycles. The molecule has 4 nitrogen and oxygen atoms in total. The number of hydrogen-bond acceptors (Lipinski definition) is 3. The van der Waals surface area contributed by atoms with Crippen LogP contribution in [0.4, 0.5) is 0 Å². The summed E-state index contributed by atoms with van der Waals surface area (Å²) in [5.41, 5.74) is 1.29. The summed E-state index contributed by atoms with van der Waals surface area (Å²) in [6.45, 7) is 0.279. The summed E-state index contributed by atoms with van der Waals surface area (Å²) in [7, 11) is 0. The van der Waals surface area contributed by atoms with E-state index in [9.17, 15) is 4.79 Å². The van der Waals surface area contributed by atoms with Crippen LogP contribution >= 0.6 is 0 Å². The van der Waals surface area contributed by atoms with E-state index in [1.807, 2.05) is 0 Å². The summed E-state index contributed by atoms with van der Waals surface area (Å²) in [6.07, 6.45) is 2.38. The number of nitriles is 1. The van der Waals surface area contributed by atoms with Gasteiger partial charge in [-0.2, -0.15) is 5.26 Å². The lowest BCUT2D eigenvalue weighted by Gasteiger charge is -2.21. The van der Waals surface area contributed by atoms with E-state index >= 15 is 0 Å². The Hall–Kier alpha value is -2.30. The molecule has 0 heterocycles. The quantitative estimate of drug-likeness (QED) is 0.843. The first-order chi connectivity index (χ1) is 9.76. The van der Waals surface area contributed by atoms with Gasteiger partial charge in [0.1, 0.15) is 6.61 Å². The van der Waals surface area contributed by atoms with Crippen LogP contribution in [-0.4, -0.2) is 35.1 Å². The van der Waals surface area contributed by atoms with Crippen molar-refractivity contribution < 1.29 is 9.90 Å². The highest BCUT2D eigenvalue weighted by atomic mass is 16.2. The molecule has 1 amide bonds. The van der Waals surface area contributed by atoms with Crippen LogP contribution in [0, 0.1) is 23.2 Å². The Morgan fingerprint density at radius 2 is 2.25 bits per heavy atom. The first kappa shape index (κ1) is 14.1. The number of aliphatic hydroxyl groups is 1. The fourth-order valence-electron chi connectivity index (χ4n) is 2.04. The van der Waals surface area contributed by atoms with E-state index in [0.29, 0.717) is 24.1 Å². The normalized spacial score (nSPS) is 13.0. The van der Waals surface area contributed by atoms with Gasteiger partial charge in [0, 0.05) is 23.7 Å². The minimum absolute atomic E-state index is 0.0459. The number of carbonyl (C=O) groups is 1. The smallest absolute Gasteiger partial charge is 0.254 e. The van der Waals surface area contributed by atoms with Crippen molar-refractivity contribution in [2.75, 3.05) is 13.2 Å². The summed E-state index contributed by atoms with van der Waals surface area (Å²) in [6, 6.07) is 9.43. The Labute approximate surface area is 118 Å². The van der Waals surface area contributed by atoms with Crippen LogP contribution in [0.5, 0.6) is 0 Å². The number of benzene rings is 1. The average molecular weight is 268 g/mol. The van der Waals surface area contributed by atoms with E-state index in [-0.39, 0.29) is 18.6 Å². The Bertz CT molecular complexity index is 588. The molecular weight excluding hydrogens is 252 g/mol. The molecule has 1 N–H and O–H groups in total. The number of amides is 1. The predicted molar refractivity (Wildman–Crippen MR) is 74.7 cm³/mol. The first-order valence-electron chi connectivity index (χ1n) is 6.64. The zero-order valence-electron chi connectivity index (χ0n) is 11.2. The molecule has 1 aromatic rings. The van der Waals surface area contributed by atoms with Crippen LogP contribution in [0.3, 0.4) is 0 Å². The topological polar surface area (TPSA) is 64.3 Å². The van der Waals surface area contributed by atoms with E-state index in [2.05, 4.69) is 17.9 Å². The minimum Gasteiger partial charge on any atom is -0.384 e. The molecule has 0 aromatic heterocycles. The van der Waals surface area contributed by atoms with E-state index in [1.165, 1.54) is 0 Å². The third-order valence-corrected chi connectivity index (χ3v) is 3.13. The molecule has 102 valence electrons. The van der Waals surface area contributed by atoms with Crippen molar-refractivity contribution in [1.82, 2.24) is 4.90 Å². The van der Waals surface area contributed by atoms with Gasteiger partial charge in [-0.15, -0.1) is 0 Å². The van der Waals surface area contributed by atoms with Gasteiger partial charge in [-0.3, -0.25) is 4.79 Å². The summed E-state index contributed by atoms with van der Waals surface area (Å²) in [5, 5.41) is 17.4. The van der Waals surface area contributed by atoms with Crippen molar-refractivity contribution in [1.29, 1.82) is 5.26 Å². The fourth-order valence-corrected chi connectivity index (χ4v) is 2.04. The molecule has 0 unspecified atom stereocenters. The molecular formula is C16H16N2O2. The Balaban J connectivity index is 2.16. The summed E-state index contributed by atoms with van der Waals surface area (Å²) >= 11 is 0. The molecule has 0 atom stereocenters. The molecule has 0 spiro atoms. The lowest BCUT2D eigenvalue weighted by atomic mass is 10.1. The number of rotatable bonds is 4. The minimum atomic E-state index is -0.200. The molecule has 1 aliphatic rings. The molecule has 1 aliphatic carbocycles. The van der Waals surface area contributed by atoms with Crippen LogP contribution in [0.2, 0.25) is 0 Å². The van der Waals surface area contributed by atoms with Crippen molar-refractivity contribution in [2.45, 2.75) is 25.3 Å². The second kappa shape index (κ2) is 6.75. The standard InChI is InChI=1S/C16H16N2O2/c17-9-3-10-18(15-7-8-15)16(20)14-6-1-4-13(12-14)5-2-11-19/h1,4,6,12,15,19H,3,7-8,10-11H2. The van der Waals surface area contributed by atoms with Crippen LogP contribution in [-0.2, 0) is 0 Å². The van der Waals surface area contributed by atoms with Gasteiger partial charge in [0.15, 0.2) is 0 Å². The lowest BCUT2D eigenvalue weighted by Crippen LogP contribution is -2.33. The predicted octanol–water partition coefficient (Wildman–Crippen LogP) is 1.55. The van der Waals surface area contributed by atoms with E-state index in [4.69, 9.17) is 10.4 Å². The highest BCUT2D eigenvalue weighted by Gasteiger charge is 2.32. The maximum absolute atomic E-state index is 12.5. The summed E-state index contributed by atoms with van der Waals surface area (Å²) in [4.78, 5) is 14.3. The van der Waals surface area contributed by atoms with Crippen molar-refractivity contribution in [3.63, 3.8) is 0 Å². The largest absolute Gasteiger partial charge is 0.384 e. The second-order valence-corrected chi connectivity index (χ2v) is 4.68. The van der Waals surface area contributed by atoms with Gasteiger partial charge in [-0.1, -0.05) is 17.9 Å². The van der Waals surface area contributed by atoms with Crippen LogP contribution < -0.4 is 0 Å². The number of nitrogens with zero attached hydrogens (tertiary/aromatic N) is 2. The molecule has 0 saturated heterocycles. The van der Waals surface area contributed by atoms with Gasteiger partial charge in [0.2, 0.25) is 0 Å². The summed E-state index contributed by atoms with van der Waals surface area (Å²) in [5.74, 6) is 5.31. The van der Waals surface area contributed by atoms with E-state index in [1.54, 1.807) is 29.2 Å². The monoisotopic (exact) mass is 268 g/mol. The fraction of sp³-hybridized carbons (Fsp3) is 0.375. The highest BCUT2D eigenvalue weighted by molar-refractivity contribution is 5.95. The number of carbonyl (C=O) groups excluding carboxylic acids is 1. The van der Waals surface area contributed by atoms with Crippen LogP contribution in [0.1, 0.15) is 35.2 Å². The van der Waals surface area contributed by atoms with Gasteiger partial charge in [-0.05, 0) is 31.0 Å². The van der Waals surface area contributed by atoms with Gasteiger partial charge < -0.3 is 10.0 Å². The maximum Gasteiger partial charge on any atom is 0.254 e. The SMILES string of the molecule is N#CCCN(C(=O)c1cccc(C#CCO)c1)C1CC1. The molecule has 0 aliphatic heterocycles. The highest BCUT2D eigenvalue weighted by Crippen LogP contribution is 2.28. The van der Waals surface area contributed by atoms with Crippen molar-refractivity contribution >= 4 is 5.91 Å². The van der Waals surface area contributed by atoms with Gasteiger partial charge in [0.05, 0.1) is 12.5 Å². The van der Waals surface area contributed by atoms with Crippen LogP contribution in [0.25, 0.3) is 0 Å². The first-order valence-corrected chi connectivity index (χ1v) is 6.64. The zero-order valence-corrected chi connectivity index (χ0v) is 11.2. The molecule has 1 aromatic carbocycles.